The lowest BCUT2D eigenvalue weighted by Gasteiger charge is -2.51. The minimum atomic E-state index is -0.978. The first-order valence-corrected chi connectivity index (χ1v) is 9.77. The number of likely N-dealkylation sites (tertiary alicyclic amines) is 1. The number of benzene rings is 2. The Kier molecular flexibility index (Phi) is 5.11. The molecule has 150 valence electrons. The Balaban J connectivity index is 1.58. The van der Waals surface area contributed by atoms with Crippen LogP contribution in [0.1, 0.15) is 29.9 Å². The van der Waals surface area contributed by atoms with E-state index in [0.29, 0.717) is 25.3 Å². The SMILES string of the molecule is NC12CCN(C(=O)C=Cc3ccccc3)CC1C(CC(=O)O)c1ccccc1O2. The lowest BCUT2D eigenvalue weighted by molar-refractivity contribution is -0.141. The summed E-state index contributed by atoms with van der Waals surface area (Å²) in [6, 6.07) is 17.1. The molecule has 2 aromatic carbocycles. The molecule has 29 heavy (non-hydrogen) atoms. The minimum absolute atomic E-state index is 0.0497. The third-order valence-electron chi connectivity index (χ3n) is 5.85. The molecule has 1 saturated heterocycles. The zero-order chi connectivity index (χ0) is 20.4. The topological polar surface area (TPSA) is 92.9 Å². The number of nitrogens with two attached hydrogens (primary N) is 1. The highest BCUT2D eigenvalue weighted by molar-refractivity contribution is 5.91. The summed E-state index contributed by atoms with van der Waals surface area (Å²) in [7, 11) is 0. The number of hydrogen-bond donors (Lipinski definition) is 2. The van der Waals surface area contributed by atoms with Crippen molar-refractivity contribution >= 4 is 18.0 Å². The van der Waals surface area contributed by atoms with Gasteiger partial charge in [-0.2, -0.15) is 0 Å². The zero-order valence-electron chi connectivity index (χ0n) is 16.0. The van der Waals surface area contributed by atoms with Crippen LogP contribution in [-0.4, -0.2) is 40.7 Å². The first-order valence-electron chi connectivity index (χ1n) is 9.77. The molecule has 0 aromatic heterocycles. The summed E-state index contributed by atoms with van der Waals surface area (Å²) < 4.78 is 6.12. The van der Waals surface area contributed by atoms with E-state index < -0.39 is 11.7 Å². The van der Waals surface area contributed by atoms with E-state index in [9.17, 15) is 14.7 Å². The first kappa shape index (κ1) is 19.2. The quantitative estimate of drug-likeness (QED) is 0.781. The van der Waals surface area contributed by atoms with Crippen LogP contribution < -0.4 is 10.5 Å². The van der Waals surface area contributed by atoms with Crippen molar-refractivity contribution in [3.05, 3.63) is 71.8 Å². The second-order valence-corrected chi connectivity index (χ2v) is 7.68. The Bertz CT molecular complexity index is 943. The Hall–Kier alpha value is -3.12. The molecule has 1 fully saturated rings. The van der Waals surface area contributed by atoms with Gasteiger partial charge in [-0.1, -0.05) is 48.5 Å². The van der Waals surface area contributed by atoms with Crippen LogP contribution in [0.3, 0.4) is 0 Å². The van der Waals surface area contributed by atoms with E-state index in [4.69, 9.17) is 10.5 Å². The first-order chi connectivity index (χ1) is 14.0. The molecular formula is C23H24N2O4. The highest BCUT2D eigenvalue weighted by Gasteiger charge is 2.51. The zero-order valence-corrected chi connectivity index (χ0v) is 16.0. The van der Waals surface area contributed by atoms with Crippen LogP contribution in [0.15, 0.2) is 60.7 Å². The molecule has 0 saturated carbocycles. The summed E-state index contributed by atoms with van der Waals surface area (Å²) in [6.45, 7) is 0.827. The molecule has 4 rings (SSSR count). The monoisotopic (exact) mass is 392 g/mol. The van der Waals surface area contributed by atoms with Gasteiger partial charge in [-0.05, 0) is 23.3 Å². The summed E-state index contributed by atoms with van der Waals surface area (Å²) in [5.41, 5.74) is 7.42. The van der Waals surface area contributed by atoms with E-state index in [1.165, 1.54) is 0 Å². The Morgan fingerprint density at radius 2 is 1.90 bits per heavy atom. The largest absolute Gasteiger partial charge is 0.481 e. The maximum Gasteiger partial charge on any atom is 0.303 e. The van der Waals surface area contributed by atoms with E-state index in [-0.39, 0.29) is 24.2 Å². The molecule has 3 unspecified atom stereocenters. The summed E-state index contributed by atoms with van der Waals surface area (Å²) in [4.78, 5) is 26.1. The second kappa shape index (κ2) is 7.72. The maximum absolute atomic E-state index is 12.8. The number of carbonyl (C=O) groups is 2. The Morgan fingerprint density at radius 1 is 1.17 bits per heavy atom. The van der Waals surface area contributed by atoms with Gasteiger partial charge in [0.1, 0.15) is 5.75 Å². The molecule has 0 bridgehead atoms. The van der Waals surface area contributed by atoms with Crippen molar-refractivity contribution in [1.82, 2.24) is 4.90 Å². The van der Waals surface area contributed by atoms with Crippen LogP contribution in [0.5, 0.6) is 5.75 Å². The van der Waals surface area contributed by atoms with Gasteiger partial charge in [-0.25, -0.2) is 0 Å². The van der Waals surface area contributed by atoms with Gasteiger partial charge in [0.15, 0.2) is 5.72 Å². The number of fused-ring (bicyclic) bond motifs is 2. The Morgan fingerprint density at radius 3 is 2.66 bits per heavy atom. The van der Waals surface area contributed by atoms with E-state index >= 15 is 0 Å². The number of carboxylic acid groups (broad SMARTS) is 1. The number of aliphatic carboxylic acids is 1. The van der Waals surface area contributed by atoms with Crippen molar-refractivity contribution in [2.45, 2.75) is 24.5 Å². The summed E-state index contributed by atoms with van der Waals surface area (Å²) in [5.74, 6) is -0.959. The third-order valence-corrected chi connectivity index (χ3v) is 5.85. The smallest absolute Gasteiger partial charge is 0.303 e. The average Bonchev–Trinajstić information content (AvgIpc) is 2.71. The van der Waals surface area contributed by atoms with Crippen LogP contribution >= 0.6 is 0 Å². The fraction of sp³-hybridized carbons (Fsp3) is 0.304. The van der Waals surface area contributed by atoms with Crippen molar-refractivity contribution in [3.63, 3.8) is 0 Å². The van der Waals surface area contributed by atoms with E-state index in [0.717, 1.165) is 11.1 Å². The molecule has 2 aliphatic rings. The van der Waals surface area contributed by atoms with E-state index in [1.54, 1.807) is 17.1 Å². The van der Waals surface area contributed by atoms with Gasteiger partial charge in [-0.15, -0.1) is 0 Å². The summed E-state index contributed by atoms with van der Waals surface area (Å²) in [6.07, 6.45) is 3.75. The predicted molar refractivity (Wildman–Crippen MR) is 109 cm³/mol. The van der Waals surface area contributed by atoms with Gasteiger partial charge in [0.05, 0.1) is 6.42 Å². The molecule has 2 aromatic rings. The molecule has 2 aliphatic heterocycles. The average molecular weight is 392 g/mol. The Labute approximate surface area is 169 Å². The number of carboxylic acids is 1. The summed E-state index contributed by atoms with van der Waals surface area (Å²) in [5, 5.41) is 9.48. The third kappa shape index (κ3) is 3.89. The lowest BCUT2D eigenvalue weighted by Crippen LogP contribution is -2.64. The molecule has 3 atom stereocenters. The molecular weight excluding hydrogens is 368 g/mol. The number of ether oxygens (including phenoxy) is 1. The highest BCUT2D eigenvalue weighted by Crippen LogP contribution is 2.47. The van der Waals surface area contributed by atoms with Crippen LogP contribution in [0.25, 0.3) is 6.08 Å². The maximum atomic E-state index is 12.8. The van der Waals surface area contributed by atoms with Gasteiger partial charge < -0.3 is 14.7 Å². The normalized spacial score (nSPS) is 25.8. The number of rotatable bonds is 4. The van der Waals surface area contributed by atoms with Crippen LogP contribution in [0.4, 0.5) is 0 Å². The molecule has 1 amide bonds. The van der Waals surface area contributed by atoms with Gasteiger partial charge in [-0.3, -0.25) is 15.3 Å². The molecule has 2 heterocycles. The fourth-order valence-electron chi connectivity index (χ4n) is 4.35. The standard InChI is InChI=1S/C23H24N2O4/c24-23-12-13-25(21(26)11-10-16-6-2-1-3-7-16)15-19(23)18(14-22(27)28)17-8-4-5-9-20(17)29-23/h1-11,18-19H,12-15,24H2,(H,27,28). The molecule has 6 nitrogen and oxygen atoms in total. The predicted octanol–water partition coefficient (Wildman–Crippen LogP) is 2.85. The highest BCUT2D eigenvalue weighted by atomic mass is 16.5. The molecule has 0 radical (unpaired) electrons. The van der Waals surface area contributed by atoms with E-state index in [1.807, 2.05) is 54.6 Å². The molecule has 6 heteroatoms. The van der Waals surface area contributed by atoms with Crippen LogP contribution in [0, 0.1) is 5.92 Å². The lowest BCUT2D eigenvalue weighted by atomic mass is 9.72. The van der Waals surface area contributed by atoms with E-state index in [2.05, 4.69) is 0 Å². The van der Waals surface area contributed by atoms with Crippen LogP contribution in [-0.2, 0) is 9.59 Å². The van der Waals surface area contributed by atoms with Gasteiger partial charge >= 0.3 is 5.97 Å². The number of piperidine rings is 1. The molecule has 0 spiro atoms. The van der Waals surface area contributed by atoms with Crippen molar-refractivity contribution in [2.75, 3.05) is 13.1 Å². The van der Waals surface area contributed by atoms with Gasteiger partial charge in [0, 0.05) is 37.4 Å². The number of para-hydroxylation sites is 1. The van der Waals surface area contributed by atoms with Crippen molar-refractivity contribution in [3.8, 4) is 5.75 Å². The van der Waals surface area contributed by atoms with Gasteiger partial charge in [0.2, 0.25) is 5.91 Å². The van der Waals surface area contributed by atoms with Crippen molar-refractivity contribution < 1.29 is 19.4 Å². The summed E-state index contributed by atoms with van der Waals surface area (Å²) >= 11 is 0. The molecule has 3 N–H and O–H groups in total. The van der Waals surface area contributed by atoms with Crippen molar-refractivity contribution in [1.29, 1.82) is 0 Å². The van der Waals surface area contributed by atoms with Crippen molar-refractivity contribution in [2.24, 2.45) is 11.7 Å². The number of carbonyl (C=O) groups excluding carboxylic acids is 1. The number of nitrogens with zero attached hydrogens (tertiary/aromatic N) is 1. The van der Waals surface area contributed by atoms with Crippen LogP contribution in [0.2, 0.25) is 0 Å². The molecule has 0 aliphatic carbocycles. The second-order valence-electron chi connectivity index (χ2n) is 7.68. The van der Waals surface area contributed by atoms with Gasteiger partial charge in [0.25, 0.3) is 0 Å². The number of hydrogen-bond acceptors (Lipinski definition) is 4. The number of amides is 1. The fourth-order valence-corrected chi connectivity index (χ4v) is 4.35. The minimum Gasteiger partial charge on any atom is -0.481 e.